The number of carbonyl (C=O) groups is 1. The summed E-state index contributed by atoms with van der Waals surface area (Å²) in [5.74, 6) is -0.265. The van der Waals surface area contributed by atoms with E-state index in [0.717, 1.165) is 25.7 Å². The molecule has 104 valence electrons. The molecule has 0 aromatic heterocycles. The molecule has 1 amide bonds. The van der Waals surface area contributed by atoms with Crippen LogP contribution >= 0.6 is 0 Å². The lowest BCUT2D eigenvalue weighted by Crippen LogP contribution is -2.44. The van der Waals surface area contributed by atoms with Gasteiger partial charge in [0.1, 0.15) is 5.82 Å². The minimum atomic E-state index is -0.517. The Morgan fingerprint density at radius 1 is 1.32 bits per heavy atom. The monoisotopic (exact) mass is 264 g/mol. The summed E-state index contributed by atoms with van der Waals surface area (Å²) in [6.07, 6.45) is 4.73. The van der Waals surface area contributed by atoms with Gasteiger partial charge in [-0.1, -0.05) is 31.0 Å². The van der Waals surface area contributed by atoms with Crippen LogP contribution in [0.25, 0.3) is 0 Å². The van der Waals surface area contributed by atoms with Gasteiger partial charge in [0.05, 0.1) is 5.54 Å². The van der Waals surface area contributed by atoms with E-state index in [2.05, 4.69) is 5.32 Å². The number of amides is 1. The summed E-state index contributed by atoms with van der Waals surface area (Å²) in [5, 5.41) is 3.05. The SMILES string of the molecule is NCCCC(=O)NC1(c2ccccc2F)CCCC1. The topological polar surface area (TPSA) is 55.1 Å². The first-order chi connectivity index (χ1) is 9.18. The second-order valence-corrected chi connectivity index (χ2v) is 5.21. The fourth-order valence-corrected chi connectivity index (χ4v) is 2.88. The number of nitrogens with two attached hydrogens (primary N) is 1. The van der Waals surface area contributed by atoms with Gasteiger partial charge in [0.25, 0.3) is 0 Å². The number of hydrogen-bond acceptors (Lipinski definition) is 2. The summed E-state index contributed by atoms with van der Waals surface area (Å²) >= 11 is 0. The van der Waals surface area contributed by atoms with Crippen molar-refractivity contribution in [2.24, 2.45) is 5.73 Å². The maximum absolute atomic E-state index is 14.0. The zero-order chi connectivity index (χ0) is 13.7. The molecule has 4 heteroatoms. The van der Waals surface area contributed by atoms with Crippen LogP contribution in [0.1, 0.15) is 44.1 Å². The number of hydrogen-bond donors (Lipinski definition) is 2. The Morgan fingerprint density at radius 2 is 2.00 bits per heavy atom. The molecule has 0 unspecified atom stereocenters. The first-order valence-electron chi connectivity index (χ1n) is 6.94. The summed E-state index contributed by atoms with van der Waals surface area (Å²) in [5.41, 5.74) is 5.52. The molecule has 2 rings (SSSR count). The van der Waals surface area contributed by atoms with E-state index in [1.165, 1.54) is 6.07 Å². The van der Waals surface area contributed by atoms with Crippen LogP contribution in [0.2, 0.25) is 0 Å². The van der Waals surface area contributed by atoms with Crippen molar-refractivity contribution in [3.63, 3.8) is 0 Å². The predicted octanol–water partition coefficient (Wildman–Crippen LogP) is 2.45. The molecule has 1 fully saturated rings. The molecule has 0 heterocycles. The molecule has 19 heavy (non-hydrogen) atoms. The van der Waals surface area contributed by atoms with E-state index in [9.17, 15) is 9.18 Å². The molecule has 1 aromatic carbocycles. The molecule has 1 aromatic rings. The van der Waals surface area contributed by atoms with E-state index in [-0.39, 0.29) is 11.7 Å². The fraction of sp³-hybridized carbons (Fsp3) is 0.533. The Labute approximate surface area is 113 Å². The zero-order valence-corrected chi connectivity index (χ0v) is 11.1. The highest BCUT2D eigenvalue weighted by atomic mass is 19.1. The molecule has 1 aliphatic rings. The van der Waals surface area contributed by atoms with Crippen LogP contribution < -0.4 is 11.1 Å². The second-order valence-electron chi connectivity index (χ2n) is 5.21. The number of halogens is 1. The van der Waals surface area contributed by atoms with Crippen molar-refractivity contribution in [2.45, 2.75) is 44.1 Å². The van der Waals surface area contributed by atoms with Crippen LogP contribution in [-0.2, 0) is 10.3 Å². The van der Waals surface area contributed by atoms with Gasteiger partial charge in [0.2, 0.25) is 5.91 Å². The Balaban J connectivity index is 2.19. The molecule has 0 aliphatic heterocycles. The van der Waals surface area contributed by atoms with Crippen molar-refractivity contribution < 1.29 is 9.18 Å². The van der Waals surface area contributed by atoms with Crippen LogP contribution in [0.3, 0.4) is 0 Å². The van der Waals surface area contributed by atoms with Gasteiger partial charge in [-0.2, -0.15) is 0 Å². The number of rotatable bonds is 5. The first kappa shape index (κ1) is 14.0. The van der Waals surface area contributed by atoms with Gasteiger partial charge in [-0.05, 0) is 31.9 Å². The van der Waals surface area contributed by atoms with Gasteiger partial charge < -0.3 is 11.1 Å². The molecule has 1 saturated carbocycles. The van der Waals surface area contributed by atoms with E-state index in [4.69, 9.17) is 5.73 Å². The number of nitrogens with one attached hydrogen (secondary N) is 1. The van der Waals surface area contributed by atoms with E-state index in [1.54, 1.807) is 12.1 Å². The molecule has 0 bridgehead atoms. The second kappa shape index (κ2) is 6.15. The Bertz CT molecular complexity index is 442. The van der Waals surface area contributed by atoms with Crippen molar-refractivity contribution >= 4 is 5.91 Å². The lowest BCUT2D eigenvalue weighted by molar-refractivity contribution is -0.123. The summed E-state index contributed by atoms with van der Waals surface area (Å²) in [7, 11) is 0. The average molecular weight is 264 g/mol. The smallest absolute Gasteiger partial charge is 0.220 e. The van der Waals surface area contributed by atoms with Crippen LogP contribution in [0.15, 0.2) is 24.3 Å². The van der Waals surface area contributed by atoms with Crippen molar-refractivity contribution in [1.29, 1.82) is 0 Å². The molecule has 3 N–H and O–H groups in total. The van der Waals surface area contributed by atoms with Gasteiger partial charge in [0.15, 0.2) is 0 Å². The fourth-order valence-electron chi connectivity index (χ4n) is 2.88. The van der Waals surface area contributed by atoms with E-state index < -0.39 is 5.54 Å². The zero-order valence-electron chi connectivity index (χ0n) is 11.1. The minimum Gasteiger partial charge on any atom is -0.346 e. The van der Waals surface area contributed by atoms with Crippen LogP contribution in [0.5, 0.6) is 0 Å². The maximum Gasteiger partial charge on any atom is 0.220 e. The lowest BCUT2D eigenvalue weighted by atomic mass is 9.87. The standard InChI is InChI=1S/C15H21FN2O/c16-13-7-2-1-6-12(13)15(9-3-4-10-15)18-14(19)8-5-11-17/h1-2,6-7H,3-5,8-11,17H2,(H,18,19). The molecular formula is C15H21FN2O. The predicted molar refractivity (Wildman–Crippen MR) is 73.0 cm³/mol. The summed E-state index contributed by atoms with van der Waals surface area (Å²) in [6.45, 7) is 0.500. The summed E-state index contributed by atoms with van der Waals surface area (Å²) in [6, 6.07) is 6.74. The van der Waals surface area contributed by atoms with Crippen LogP contribution in [0.4, 0.5) is 4.39 Å². The van der Waals surface area contributed by atoms with Crippen molar-refractivity contribution in [1.82, 2.24) is 5.32 Å². The molecule has 3 nitrogen and oxygen atoms in total. The average Bonchev–Trinajstić information content (AvgIpc) is 2.86. The third-order valence-corrected chi connectivity index (χ3v) is 3.83. The van der Waals surface area contributed by atoms with Crippen LogP contribution in [-0.4, -0.2) is 12.5 Å². The summed E-state index contributed by atoms with van der Waals surface area (Å²) < 4.78 is 14.0. The van der Waals surface area contributed by atoms with Crippen molar-refractivity contribution in [2.75, 3.05) is 6.54 Å². The quantitative estimate of drug-likeness (QED) is 0.858. The van der Waals surface area contributed by atoms with Gasteiger partial charge in [-0.25, -0.2) is 4.39 Å². The largest absolute Gasteiger partial charge is 0.346 e. The van der Waals surface area contributed by atoms with E-state index in [1.807, 2.05) is 6.07 Å². The molecular weight excluding hydrogens is 243 g/mol. The highest BCUT2D eigenvalue weighted by molar-refractivity contribution is 5.77. The third-order valence-electron chi connectivity index (χ3n) is 3.83. The lowest BCUT2D eigenvalue weighted by Gasteiger charge is -2.31. The van der Waals surface area contributed by atoms with Crippen molar-refractivity contribution in [3.05, 3.63) is 35.6 Å². The molecule has 0 saturated heterocycles. The number of carbonyl (C=O) groups excluding carboxylic acids is 1. The highest BCUT2D eigenvalue weighted by Crippen LogP contribution is 2.39. The van der Waals surface area contributed by atoms with E-state index in [0.29, 0.717) is 24.9 Å². The van der Waals surface area contributed by atoms with E-state index >= 15 is 0 Å². The molecule has 0 spiro atoms. The van der Waals surface area contributed by atoms with Gasteiger partial charge in [-0.15, -0.1) is 0 Å². The Hall–Kier alpha value is -1.42. The molecule has 0 atom stereocenters. The van der Waals surface area contributed by atoms with Crippen LogP contribution in [0, 0.1) is 5.82 Å². The normalized spacial score (nSPS) is 17.4. The maximum atomic E-state index is 14.0. The summed E-state index contributed by atoms with van der Waals surface area (Å²) in [4.78, 5) is 12.0. The first-order valence-corrected chi connectivity index (χ1v) is 6.94. The highest BCUT2D eigenvalue weighted by Gasteiger charge is 2.38. The number of benzene rings is 1. The Kier molecular flexibility index (Phi) is 4.53. The van der Waals surface area contributed by atoms with Gasteiger partial charge in [-0.3, -0.25) is 4.79 Å². The third kappa shape index (κ3) is 3.13. The minimum absolute atomic E-state index is 0.0318. The Morgan fingerprint density at radius 3 is 2.63 bits per heavy atom. The van der Waals surface area contributed by atoms with Gasteiger partial charge in [0, 0.05) is 12.0 Å². The molecule has 1 aliphatic carbocycles. The molecule has 0 radical (unpaired) electrons. The van der Waals surface area contributed by atoms with Gasteiger partial charge >= 0.3 is 0 Å². The van der Waals surface area contributed by atoms with Crippen molar-refractivity contribution in [3.8, 4) is 0 Å².